The SMILES string of the molecule is O=C(NC1CN(C(=O)OCc2ccccc2)CC12CCNC2)OCc1ccccc1. The van der Waals surface area contributed by atoms with Crippen LogP contribution in [0.5, 0.6) is 0 Å². The van der Waals surface area contributed by atoms with E-state index < -0.39 is 6.09 Å². The van der Waals surface area contributed by atoms with Crippen LogP contribution in [0.4, 0.5) is 9.59 Å². The molecule has 1 spiro atoms. The number of benzene rings is 2. The number of hydrogen-bond acceptors (Lipinski definition) is 5. The monoisotopic (exact) mass is 409 g/mol. The average Bonchev–Trinajstić information content (AvgIpc) is 3.40. The molecular weight excluding hydrogens is 382 g/mol. The van der Waals surface area contributed by atoms with E-state index in [9.17, 15) is 9.59 Å². The first kappa shape index (κ1) is 20.2. The number of alkyl carbamates (subject to hydrolysis) is 1. The summed E-state index contributed by atoms with van der Waals surface area (Å²) >= 11 is 0. The first-order valence-electron chi connectivity index (χ1n) is 10.3. The van der Waals surface area contributed by atoms with Gasteiger partial charge in [-0.2, -0.15) is 0 Å². The van der Waals surface area contributed by atoms with Gasteiger partial charge in [0.05, 0.1) is 6.04 Å². The van der Waals surface area contributed by atoms with E-state index in [-0.39, 0.29) is 30.8 Å². The lowest BCUT2D eigenvalue weighted by Crippen LogP contribution is -2.48. The van der Waals surface area contributed by atoms with Crippen molar-refractivity contribution in [2.45, 2.75) is 25.7 Å². The zero-order valence-electron chi connectivity index (χ0n) is 16.9. The number of likely N-dealkylation sites (tertiary alicyclic amines) is 1. The van der Waals surface area contributed by atoms with Crippen molar-refractivity contribution in [1.82, 2.24) is 15.5 Å². The van der Waals surface area contributed by atoms with Gasteiger partial charge in [-0.05, 0) is 24.1 Å². The molecule has 2 aliphatic rings. The number of nitrogens with one attached hydrogen (secondary N) is 2. The number of hydrogen-bond donors (Lipinski definition) is 2. The summed E-state index contributed by atoms with van der Waals surface area (Å²) in [6.45, 7) is 3.03. The van der Waals surface area contributed by atoms with Crippen LogP contribution in [0.1, 0.15) is 17.5 Å². The number of carbonyl (C=O) groups is 2. The summed E-state index contributed by atoms with van der Waals surface area (Å²) in [5.74, 6) is 0. The Kier molecular flexibility index (Phi) is 6.18. The van der Waals surface area contributed by atoms with Crippen LogP contribution in [0.15, 0.2) is 60.7 Å². The smallest absolute Gasteiger partial charge is 0.410 e. The van der Waals surface area contributed by atoms with Crippen molar-refractivity contribution in [1.29, 1.82) is 0 Å². The largest absolute Gasteiger partial charge is 0.445 e. The molecule has 0 radical (unpaired) electrons. The topological polar surface area (TPSA) is 79.9 Å². The van der Waals surface area contributed by atoms with E-state index >= 15 is 0 Å². The van der Waals surface area contributed by atoms with E-state index in [2.05, 4.69) is 10.6 Å². The summed E-state index contributed by atoms with van der Waals surface area (Å²) in [5.41, 5.74) is 1.68. The molecule has 2 fully saturated rings. The van der Waals surface area contributed by atoms with Gasteiger partial charge < -0.3 is 25.0 Å². The Bertz CT molecular complexity index is 853. The van der Waals surface area contributed by atoms with Crippen LogP contribution in [0.3, 0.4) is 0 Å². The normalized spacial score (nSPS) is 22.8. The number of rotatable bonds is 5. The van der Waals surface area contributed by atoms with E-state index in [0.29, 0.717) is 13.1 Å². The second kappa shape index (κ2) is 9.17. The van der Waals surface area contributed by atoms with Crippen LogP contribution in [-0.2, 0) is 22.7 Å². The lowest BCUT2D eigenvalue weighted by atomic mass is 9.82. The number of amides is 2. The van der Waals surface area contributed by atoms with Gasteiger partial charge in [-0.1, -0.05) is 60.7 Å². The Hall–Kier alpha value is -3.06. The lowest BCUT2D eigenvalue weighted by Gasteiger charge is -2.29. The molecule has 2 N–H and O–H groups in total. The highest BCUT2D eigenvalue weighted by Gasteiger charge is 2.50. The lowest BCUT2D eigenvalue weighted by molar-refractivity contribution is 0.100. The Morgan fingerprint density at radius 2 is 1.63 bits per heavy atom. The minimum atomic E-state index is -0.463. The van der Waals surface area contributed by atoms with Crippen molar-refractivity contribution in [3.8, 4) is 0 Å². The Balaban J connectivity index is 1.33. The molecule has 2 saturated heterocycles. The molecular formula is C23H27N3O4. The van der Waals surface area contributed by atoms with Crippen molar-refractivity contribution in [2.75, 3.05) is 26.2 Å². The molecule has 0 bridgehead atoms. The van der Waals surface area contributed by atoms with E-state index in [1.807, 2.05) is 60.7 Å². The molecule has 2 aliphatic heterocycles. The maximum Gasteiger partial charge on any atom is 0.410 e. The molecule has 2 aromatic rings. The molecule has 2 atom stereocenters. The molecule has 4 rings (SSSR count). The number of ether oxygens (including phenoxy) is 2. The Morgan fingerprint density at radius 1 is 1.00 bits per heavy atom. The van der Waals surface area contributed by atoms with Gasteiger partial charge in [-0.25, -0.2) is 9.59 Å². The van der Waals surface area contributed by atoms with Crippen LogP contribution in [0.25, 0.3) is 0 Å². The maximum atomic E-state index is 12.6. The Morgan fingerprint density at radius 3 is 2.23 bits per heavy atom. The second-order valence-electron chi connectivity index (χ2n) is 7.97. The molecule has 0 aliphatic carbocycles. The van der Waals surface area contributed by atoms with Gasteiger partial charge in [0.15, 0.2) is 0 Å². The standard InChI is InChI=1S/C23H27N3O4/c27-21(29-14-18-7-3-1-4-8-18)25-20-13-26(17-23(20)11-12-24-16-23)22(28)30-15-19-9-5-2-6-10-19/h1-10,20,24H,11-17H2,(H,25,27). The second-order valence-corrected chi connectivity index (χ2v) is 7.97. The minimum Gasteiger partial charge on any atom is -0.445 e. The highest BCUT2D eigenvalue weighted by atomic mass is 16.6. The van der Waals surface area contributed by atoms with Crippen molar-refractivity contribution in [3.63, 3.8) is 0 Å². The van der Waals surface area contributed by atoms with Gasteiger partial charge in [-0.15, -0.1) is 0 Å². The fourth-order valence-corrected chi connectivity index (χ4v) is 4.22. The fraction of sp³-hybridized carbons (Fsp3) is 0.391. The van der Waals surface area contributed by atoms with Crippen LogP contribution in [0.2, 0.25) is 0 Å². The highest BCUT2D eigenvalue weighted by molar-refractivity contribution is 5.70. The van der Waals surface area contributed by atoms with Gasteiger partial charge in [0.2, 0.25) is 0 Å². The highest BCUT2D eigenvalue weighted by Crippen LogP contribution is 2.37. The maximum absolute atomic E-state index is 12.6. The van der Waals surface area contributed by atoms with Crippen molar-refractivity contribution in [3.05, 3.63) is 71.8 Å². The predicted octanol–water partition coefficient (Wildman–Crippen LogP) is 2.91. The molecule has 2 aromatic carbocycles. The predicted molar refractivity (Wildman–Crippen MR) is 112 cm³/mol. The summed E-state index contributed by atoms with van der Waals surface area (Å²) in [7, 11) is 0. The number of carbonyl (C=O) groups excluding carboxylic acids is 2. The molecule has 7 heteroatoms. The quantitative estimate of drug-likeness (QED) is 0.794. The molecule has 158 valence electrons. The van der Waals surface area contributed by atoms with Crippen LogP contribution in [0, 0.1) is 5.41 Å². The molecule has 2 unspecified atom stereocenters. The van der Waals surface area contributed by atoms with Crippen molar-refractivity contribution in [2.24, 2.45) is 5.41 Å². The van der Waals surface area contributed by atoms with Crippen LogP contribution in [-0.4, -0.2) is 49.3 Å². The van der Waals surface area contributed by atoms with Crippen molar-refractivity contribution >= 4 is 12.2 Å². The van der Waals surface area contributed by atoms with Gasteiger partial charge >= 0.3 is 12.2 Å². The molecule has 2 heterocycles. The van der Waals surface area contributed by atoms with E-state index in [1.165, 1.54) is 0 Å². The average molecular weight is 409 g/mol. The number of nitrogens with zero attached hydrogens (tertiary/aromatic N) is 1. The van der Waals surface area contributed by atoms with Gasteiger partial charge in [0.25, 0.3) is 0 Å². The fourth-order valence-electron chi connectivity index (χ4n) is 4.22. The van der Waals surface area contributed by atoms with E-state index in [0.717, 1.165) is 30.6 Å². The third kappa shape index (κ3) is 4.74. The van der Waals surface area contributed by atoms with Crippen LogP contribution >= 0.6 is 0 Å². The minimum absolute atomic E-state index is 0.181. The van der Waals surface area contributed by atoms with Gasteiger partial charge in [-0.3, -0.25) is 0 Å². The summed E-state index contributed by atoms with van der Waals surface area (Å²) in [4.78, 5) is 26.7. The molecule has 0 aromatic heterocycles. The third-order valence-electron chi connectivity index (χ3n) is 5.89. The molecule has 0 saturated carbocycles. The zero-order valence-corrected chi connectivity index (χ0v) is 16.9. The first-order valence-corrected chi connectivity index (χ1v) is 10.3. The molecule has 30 heavy (non-hydrogen) atoms. The Labute approximate surface area is 176 Å². The summed E-state index contributed by atoms with van der Waals surface area (Å²) < 4.78 is 10.9. The summed E-state index contributed by atoms with van der Waals surface area (Å²) in [6.07, 6.45) is 0.0701. The van der Waals surface area contributed by atoms with Gasteiger partial charge in [0, 0.05) is 25.0 Å². The first-order chi connectivity index (χ1) is 14.6. The molecule has 7 nitrogen and oxygen atoms in total. The van der Waals surface area contributed by atoms with Crippen molar-refractivity contribution < 1.29 is 19.1 Å². The van der Waals surface area contributed by atoms with Gasteiger partial charge in [0.1, 0.15) is 13.2 Å². The zero-order chi connectivity index (χ0) is 20.8. The molecule has 2 amide bonds. The van der Waals surface area contributed by atoms with E-state index in [4.69, 9.17) is 9.47 Å². The summed E-state index contributed by atoms with van der Waals surface area (Å²) in [6, 6.07) is 19.0. The van der Waals surface area contributed by atoms with Crippen LogP contribution < -0.4 is 10.6 Å². The third-order valence-corrected chi connectivity index (χ3v) is 5.89. The summed E-state index contributed by atoms with van der Waals surface area (Å²) in [5, 5.41) is 6.35. The van der Waals surface area contributed by atoms with E-state index in [1.54, 1.807) is 4.90 Å².